The third kappa shape index (κ3) is 4.14. The summed E-state index contributed by atoms with van der Waals surface area (Å²) in [5, 5.41) is 0.281. The first kappa shape index (κ1) is 18.2. The second-order valence-corrected chi connectivity index (χ2v) is 6.28. The summed E-state index contributed by atoms with van der Waals surface area (Å²) in [6.45, 7) is 1.58. The summed E-state index contributed by atoms with van der Waals surface area (Å²) in [6, 6.07) is 13.1. The maximum Gasteiger partial charge on any atom is 0.340 e. The molecule has 1 amide bonds. The topological polar surface area (TPSA) is 49.9 Å². The standard InChI is InChI=1S/C19H18ClFN2O3/c20-15-6-2-1-5-14(15)19(25)26-13-18(24)23-11-9-22(10-12-23)17-8-4-3-7-16(17)21/h1-8H,9-13H2. The van der Waals surface area contributed by atoms with Gasteiger partial charge < -0.3 is 14.5 Å². The van der Waals surface area contributed by atoms with Crippen molar-refractivity contribution in [2.24, 2.45) is 0 Å². The van der Waals surface area contributed by atoms with Crippen LogP contribution in [0.25, 0.3) is 0 Å². The summed E-state index contributed by atoms with van der Waals surface area (Å²) >= 11 is 5.94. The Morgan fingerprint density at radius 1 is 1.00 bits per heavy atom. The van der Waals surface area contributed by atoms with Gasteiger partial charge in [0.25, 0.3) is 5.91 Å². The molecule has 0 spiro atoms. The van der Waals surface area contributed by atoms with E-state index in [1.165, 1.54) is 6.07 Å². The van der Waals surface area contributed by atoms with Crippen molar-refractivity contribution in [1.82, 2.24) is 4.90 Å². The van der Waals surface area contributed by atoms with E-state index in [1.807, 2.05) is 4.90 Å². The fourth-order valence-electron chi connectivity index (χ4n) is 2.83. The monoisotopic (exact) mass is 376 g/mol. The van der Waals surface area contributed by atoms with Crippen molar-refractivity contribution in [1.29, 1.82) is 0 Å². The Bertz CT molecular complexity index is 807. The second-order valence-electron chi connectivity index (χ2n) is 5.88. The third-order valence-electron chi connectivity index (χ3n) is 4.25. The van der Waals surface area contributed by atoms with Crippen molar-refractivity contribution in [3.8, 4) is 0 Å². The van der Waals surface area contributed by atoms with Gasteiger partial charge in [-0.15, -0.1) is 0 Å². The molecule has 2 aromatic carbocycles. The maximum absolute atomic E-state index is 13.8. The number of hydrogen-bond donors (Lipinski definition) is 0. The van der Waals surface area contributed by atoms with E-state index in [2.05, 4.69) is 0 Å². The Morgan fingerprint density at radius 2 is 1.65 bits per heavy atom. The largest absolute Gasteiger partial charge is 0.452 e. The molecule has 26 heavy (non-hydrogen) atoms. The first-order chi connectivity index (χ1) is 12.6. The molecule has 0 bridgehead atoms. The molecule has 0 aromatic heterocycles. The molecule has 0 radical (unpaired) electrons. The van der Waals surface area contributed by atoms with E-state index in [1.54, 1.807) is 47.4 Å². The van der Waals surface area contributed by atoms with Crippen LogP contribution in [-0.4, -0.2) is 49.6 Å². The minimum Gasteiger partial charge on any atom is -0.452 e. The zero-order valence-electron chi connectivity index (χ0n) is 14.0. The van der Waals surface area contributed by atoms with Gasteiger partial charge in [-0.05, 0) is 24.3 Å². The van der Waals surface area contributed by atoms with Crippen LogP contribution in [0.1, 0.15) is 10.4 Å². The molecule has 0 unspecified atom stereocenters. The lowest BCUT2D eigenvalue weighted by molar-refractivity contribution is -0.134. The van der Waals surface area contributed by atoms with Crippen LogP contribution in [0.5, 0.6) is 0 Å². The summed E-state index contributed by atoms with van der Waals surface area (Å²) in [4.78, 5) is 27.8. The lowest BCUT2D eigenvalue weighted by atomic mass is 10.2. The van der Waals surface area contributed by atoms with Crippen LogP contribution in [-0.2, 0) is 9.53 Å². The van der Waals surface area contributed by atoms with Crippen LogP contribution in [0.2, 0.25) is 5.02 Å². The van der Waals surface area contributed by atoms with Gasteiger partial charge >= 0.3 is 5.97 Å². The van der Waals surface area contributed by atoms with E-state index in [9.17, 15) is 14.0 Å². The lowest BCUT2D eigenvalue weighted by Gasteiger charge is -2.36. The number of carbonyl (C=O) groups excluding carboxylic acids is 2. The molecule has 0 aliphatic carbocycles. The summed E-state index contributed by atoms with van der Waals surface area (Å²) in [7, 11) is 0. The molecule has 3 rings (SSSR count). The van der Waals surface area contributed by atoms with Crippen LogP contribution in [0.3, 0.4) is 0 Å². The Hall–Kier alpha value is -2.60. The first-order valence-corrected chi connectivity index (χ1v) is 8.63. The smallest absolute Gasteiger partial charge is 0.340 e. The van der Waals surface area contributed by atoms with E-state index in [0.717, 1.165) is 0 Å². The Kier molecular flexibility index (Phi) is 5.73. The van der Waals surface area contributed by atoms with E-state index in [4.69, 9.17) is 16.3 Å². The highest BCUT2D eigenvalue weighted by molar-refractivity contribution is 6.33. The number of amides is 1. The van der Waals surface area contributed by atoms with Crippen molar-refractivity contribution in [3.05, 3.63) is 64.9 Å². The zero-order chi connectivity index (χ0) is 18.5. The molecule has 0 N–H and O–H groups in total. The summed E-state index contributed by atoms with van der Waals surface area (Å²) in [5.41, 5.74) is 0.760. The number of anilines is 1. The van der Waals surface area contributed by atoms with Crippen molar-refractivity contribution in [3.63, 3.8) is 0 Å². The molecule has 1 fully saturated rings. The predicted molar refractivity (Wildman–Crippen MR) is 96.9 cm³/mol. The van der Waals surface area contributed by atoms with Gasteiger partial charge in [0.05, 0.1) is 16.3 Å². The number of esters is 1. The van der Waals surface area contributed by atoms with Gasteiger partial charge in [0.2, 0.25) is 0 Å². The predicted octanol–water partition coefficient (Wildman–Crippen LogP) is 2.98. The molecular weight excluding hydrogens is 359 g/mol. The maximum atomic E-state index is 13.8. The number of ether oxygens (including phenoxy) is 1. The minimum atomic E-state index is -0.631. The van der Waals surface area contributed by atoms with Crippen molar-refractivity contribution < 1.29 is 18.7 Å². The van der Waals surface area contributed by atoms with Gasteiger partial charge in [-0.3, -0.25) is 4.79 Å². The highest BCUT2D eigenvalue weighted by Gasteiger charge is 2.23. The molecule has 0 saturated carbocycles. The lowest BCUT2D eigenvalue weighted by Crippen LogP contribution is -2.50. The molecular formula is C19H18ClFN2O3. The highest BCUT2D eigenvalue weighted by Crippen LogP contribution is 2.20. The summed E-state index contributed by atoms with van der Waals surface area (Å²) in [6.07, 6.45) is 0. The van der Waals surface area contributed by atoms with E-state index >= 15 is 0 Å². The number of hydrogen-bond acceptors (Lipinski definition) is 4. The average Bonchev–Trinajstić information content (AvgIpc) is 2.67. The van der Waals surface area contributed by atoms with Crippen LogP contribution < -0.4 is 4.90 Å². The highest BCUT2D eigenvalue weighted by atomic mass is 35.5. The van der Waals surface area contributed by atoms with Crippen molar-refractivity contribution >= 4 is 29.2 Å². The Balaban J connectivity index is 1.50. The zero-order valence-corrected chi connectivity index (χ0v) is 14.8. The molecule has 136 valence electrons. The van der Waals surface area contributed by atoms with Crippen LogP contribution >= 0.6 is 11.6 Å². The van der Waals surface area contributed by atoms with Gasteiger partial charge in [-0.25, -0.2) is 9.18 Å². The molecule has 1 aliphatic heterocycles. The molecule has 5 nitrogen and oxygen atoms in total. The number of rotatable bonds is 4. The Labute approximate surface area is 155 Å². The number of para-hydroxylation sites is 1. The average molecular weight is 377 g/mol. The molecule has 1 heterocycles. The van der Waals surface area contributed by atoms with Gasteiger partial charge in [0.1, 0.15) is 5.82 Å². The van der Waals surface area contributed by atoms with Crippen LogP contribution in [0.4, 0.5) is 10.1 Å². The fraction of sp³-hybridized carbons (Fsp3) is 0.263. The molecule has 7 heteroatoms. The first-order valence-electron chi connectivity index (χ1n) is 8.25. The second kappa shape index (κ2) is 8.19. The Morgan fingerprint density at radius 3 is 2.35 bits per heavy atom. The van der Waals surface area contributed by atoms with E-state index in [0.29, 0.717) is 31.9 Å². The fourth-order valence-corrected chi connectivity index (χ4v) is 3.04. The molecule has 1 saturated heterocycles. The van der Waals surface area contributed by atoms with Gasteiger partial charge in [0.15, 0.2) is 6.61 Å². The number of halogens is 2. The normalized spacial score (nSPS) is 14.2. The van der Waals surface area contributed by atoms with Crippen molar-refractivity contribution in [2.45, 2.75) is 0 Å². The summed E-state index contributed by atoms with van der Waals surface area (Å²) < 4.78 is 18.9. The SMILES string of the molecule is O=C(OCC(=O)N1CCN(c2ccccc2F)CC1)c1ccccc1Cl. The number of nitrogens with zero attached hydrogens (tertiary/aromatic N) is 2. The molecule has 2 aromatic rings. The third-order valence-corrected chi connectivity index (χ3v) is 4.58. The molecule has 1 aliphatic rings. The molecule has 0 atom stereocenters. The van der Waals surface area contributed by atoms with Crippen LogP contribution in [0.15, 0.2) is 48.5 Å². The number of piperazine rings is 1. The van der Waals surface area contributed by atoms with Gasteiger partial charge in [-0.1, -0.05) is 35.9 Å². The number of carbonyl (C=O) groups is 2. The summed E-state index contributed by atoms with van der Waals surface area (Å²) in [5.74, 6) is -1.19. The van der Waals surface area contributed by atoms with Gasteiger partial charge in [0, 0.05) is 26.2 Å². The van der Waals surface area contributed by atoms with Gasteiger partial charge in [-0.2, -0.15) is 0 Å². The van der Waals surface area contributed by atoms with E-state index < -0.39 is 5.97 Å². The quantitative estimate of drug-likeness (QED) is 0.770. The van der Waals surface area contributed by atoms with Crippen LogP contribution in [0, 0.1) is 5.82 Å². The number of benzene rings is 2. The minimum absolute atomic E-state index is 0.228. The van der Waals surface area contributed by atoms with Crippen molar-refractivity contribution in [2.75, 3.05) is 37.7 Å². The van der Waals surface area contributed by atoms with E-state index in [-0.39, 0.29) is 28.9 Å².